The molecule has 0 fully saturated rings. The van der Waals surface area contributed by atoms with E-state index in [1.807, 2.05) is 42.5 Å². The van der Waals surface area contributed by atoms with E-state index in [9.17, 15) is 4.79 Å². The highest BCUT2D eigenvalue weighted by Crippen LogP contribution is 2.23. The Balaban J connectivity index is 2.00. The van der Waals surface area contributed by atoms with Crippen molar-refractivity contribution >= 4 is 39.1 Å². The summed E-state index contributed by atoms with van der Waals surface area (Å²) in [5.41, 5.74) is 2.77. The van der Waals surface area contributed by atoms with Gasteiger partial charge in [0.05, 0.1) is 5.02 Å². The van der Waals surface area contributed by atoms with Gasteiger partial charge < -0.3 is 10.2 Å². The third-order valence-corrected chi connectivity index (χ3v) is 4.23. The average Bonchev–Trinajstić information content (AvgIpc) is 2.48. The standard InChI is InChI=1S/C16H16BrClN2O/c1-20(2)16(21)12-4-6-13(7-5-12)19-10-11-3-8-15(18)14(17)9-11/h3-9,19H,10H2,1-2H3. The number of carbonyl (C=O) groups excluding carboxylic acids is 1. The zero-order valence-electron chi connectivity index (χ0n) is 11.9. The van der Waals surface area contributed by atoms with Crippen LogP contribution >= 0.6 is 27.5 Å². The van der Waals surface area contributed by atoms with Gasteiger partial charge in [-0.1, -0.05) is 17.7 Å². The second-order valence-electron chi connectivity index (χ2n) is 4.88. The Morgan fingerprint density at radius 3 is 2.43 bits per heavy atom. The maximum absolute atomic E-state index is 11.8. The van der Waals surface area contributed by atoms with E-state index in [1.54, 1.807) is 19.0 Å². The van der Waals surface area contributed by atoms with Crippen LogP contribution < -0.4 is 5.32 Å². The molecule has 110 valence electrons. The van der Waals surface area contributed by atoms with E-state index < -0.39 is 0 Å². The monoisotopic (exact) mass is 366 g/mol. The van der Waals surface area contributed by atoms with Crippen molar-refractivity contribution in [3.05, 3.63) is 63.1 Å². The minimum atomic E-state index is 0.00295. The van der Waals surface area contributed by atoms with Crippen LogP contribution in [0.15, 0.2) is 46.9 Å². The molecule has 0 aromatic heterocycles. The predicted octanol–water partition coefficient (Wildman–Crippen LogP) is 4.42. The number of nitrogens with one attached hydrogen (secondary N) is 1. The molecule has 0 aliphatic heterocycles. The number of benzene rings is 2. The summed E-state index contributed by atoms with van der Waals surface area (Å²) in [4.78, 5) is 13.4. The lowest BCUT2D eigenvalue weighted by atomic mass is 10.1. The molecule has 0 spiro atoms. The summed E-state index contributed by atoms with van der Waals surface area (Å²) >= 11 is 9.38. The van der Waals surface area contributed by atoms with Crippen LogP contribution in [0.3, 0.4) is 0 Å². The van der Waals surface area contributed by atoms with Crippen molar-refractivity contribution < 1.29 is 4.79 Å². The minimum Gasteiger partial charge on any atom is -0.381 e. The van der Waals surface area contributed by atoms with Crippen molar-refractivity contribution in [1.29, 1.82) is 0 Å². The number of amides is 1. The van der Waals surface area contributed by atoms with Gasteiger partial charge >= 0.3 is 0 Å². The van der Waals surface area contributed by atoms with Gasteiger partial charge in [-0.2, -0.15) is 0 Å². The molecule has 21 heavy (non-hydrogen) atoms. The Labute approximate surface area is 138 Å². The number of hydrogen-bond donors (Lipinski definition) is 1. The first-order valence-electron chi connectivity index (χ1n) is 6.47. The smallest absolute Gasteiger partial charge is 0.253 e. The van der Waals surface area contributed by atoms with Gasteiger partial charge in [0.15, 0.2) is 0 Å². The Bertz CT molecular complexity index is 641. The van der Waals surface area contributed by atoms with Crippen LogP contribution in [0.2, 0.25) is 5.02 Å². The van der Waals surface area contributed by atoms with Gasteiger partial charge in [-0.05, 0) is 57.9 Å². The highest BCUT2D eigenvalue weighted by Gasteiger charge is 2.07. The molecule has 0 aliphatic rings. The molecule has 2 aromatic rings. The SMILES string of the molecule is CN(C)C(=O)c1ccc(NCc2ccc(Cl)c(Br)c2)cc1. The van der Waals surface area contributed by atoms with Crippen LogP contribution in [0, 0.1) is 0 Å². The largest absolute Gasteiger partial charge is 0.381 e. The number of hydrogen-bond acceptors (Lipinski definition) is 2. The van der Waals surface area contributed by atoms with Gasteiger partial charge in [0.25, 0.3) is 5.91 Å². The Morgan fingerprint density at radius 2 is 1.86 bits per heavy atom. The normalized spacial score (nSPS) is 10.3. The molecule has 0 atom stereocenters. The Kier molecular flexibility index (Phi) is 5.26. The zero-order valence-corrected chi connectivity index (χ0v) is 14.2. The van der Waals surface area contributed by atoms with Crippen molar-refractivity contribution in [1.82, 2.24) is 4.90 Å². The Hall–Kier alpha value is -1.52. The molecule has 0 aliphatic carbocycles. The van der Waals surface area contributed by atoms with Gasteiger partial charge in [-0.15, -0.1) is 0 Å². The van der Waals surface area contributed by atoms with E-state index in [2.05, 4.69) is 21.2 Å². The molecule has 5 heteroatoms. The van der Waals surface area contributed by atoms with Gasteiger partial charge in [0.2, 0.25) is 0 Å². The van der Waals surface area contributed by atoms with Crippen molar-refractivity contribution in [2.45, 2.75) is 6.54 Å². The second kappa shape index (κ2) is 6.96. The summed E-state index contributed by atoms with van der Waals surface area (Å²) in [7, 11) is 3.49. The average molecular weight is 368 g/mol. The maximum Gasteiger partial charge on any atom is 0.253 e. The quantitative estimate of drug-likeness (QED) is 0.868. The van der Waals surface area contributed by atoms with Gasteiger partial charge in [0, 0.05) is 36.4 Å². The minimum absolute atomic E-state index is 0.00295. The van der Waals surface area contributed by atoms with E-state index >= 15 is 0 Å². The first kappa shape index (κ1) is 15.9. The molecule has 3 nitrogen and oxygen atoms in total. The third kappa shape index (κ3) is 4.22. The van der Waals surface area contributed by atoms with Crippen LogP contribution in [-0.2, 0) is 6.54 Å². The third-order valence-electron chi connectivity index (χ3n) is 3.02. The van der Waals surface area contributed by atoms with E-state index in [4.69, 9.17) is 11.6 Å². The summed E-state index contributed by atoms with van der Waals surface area (Å²) in [6.07, 6.45) is 0. The fraction of sp³-hybridized carbons (Fsp3) is 0.188. The van der Waals surface area contributed by atoms with Crippen LogP contribution in [0.1, 0.15) is 15.9 Å². The molecule has 1 N–H and O–H groups in total. The first-order valence-corrected chi connectivity index (χ1v) is 7.64. The molecule has 1 amide bonds. The zero-order chi connectivity index (χ0) is 15.4. The fourth-order valence-corrected chi connectivity index (χ4v) is 2.39. The lowest BCUT2D eigenvalue weighted by Crippen LogP contribution is -2.21. The fourth-order valence-electron chi connectivity index (χ4n) is 1.84. The number of rotatable bonds is 4. The summed E-state index contributed by atoms with van der Waals surface area (Å²) in [5, 5.41) is 4.01. The predicted molar refractivity (Wildman–Crippen MR) is 90.9 cm³/mol. The molecule has 0 heterocycles. The molecule has 0 saturated heterocycles. The van der Waals surface area contributed by atoms with Gasteiger partial charge in [0.1, 0.15) is 0 Å². The van der Waals surface area contributed by atoms with Gasteiger partial charge in [-0.25, -0.2) is 0 Å². The van der Waals surface area contributed by atoms with Crippen molar-refractivity contribution in [3.8, 4) is 0 Å². The molecule has 2 rings (SSSR count). The number of halogens is 2. The van der Waals surface area contributed by atoms with Crippen molar-refractivity contribution in [2.24, 2.45) is 0 Å². The number of nitrogens with zero attached hydrogens (tertiary/aromatic N) is 1. The van der Waals surface area contributed by atoms with E-state index in [-0.39, 0.29) is 5.91 Å². The molecular formula is C16H16BrClN2O. The van der Waals surface area contributed by atoms with Crippen LogP contribution in [0.25, 0.3) is 0 Å². The van der Waals surface area contributed by atoms with Crippen molar-refractivity contribution in [3.63, 3.8) is 0 Å². The van der Waals surface area contributed by atoms with E-state index in [0.717, 1.165) is 15.7 Å². The highest BCUT2D eigenvalue weighted by molar-refractivity contribution is 9.10. The van der Waals surface area contributed by atoms with E-state index in [0.29, 0.717) is 17.1 Å². The van der Waals surface area contributed by atoms with Crippen LogP contribution in [0.4, 0.5) is 5.69 Å². The topological polar surface area (TPSA) is 32.3 Å². The van der Waals surface area contributed by atoms with Crippen molar-refractivity contribution in [2.75, 3.05) is 19.4 Å². The lowest BCUT2D eigenvalue weighted by Gasteiger charge is -2.11. The lowest BCUT2D eigenvalue weighted by molar-refractivity contribution is 0.0827. The maximum atomic E-state index is 11.8. The van der Waals surface area contributed by atoms with Crippen LogP contribution in [-0.4, -0.2) is 24.9 Å². The summed E-state index contributed by atoms with van der Waals surface area (Å²) in [6, 6.07) is 13.3. The molecule has 2 aromatic carbocycles. The Morgan fingerprint density at radius 1 is 1.19 bits per heavy atom. The summed E-state index contributed by atoms with van der Waals surface area (Å²) in [5.74, 6) is 0.00295. The summed E-state index contributed by atoms with van der Waals surface area (Å²) in [6.45, 7) is 0.691. The first-order chi connectivity index (χ1) is 9.97. The molecule has 0 radical (unpaired) electrons. The highest BCUT2D eigenvalue weighted by atomic mass is 79.9. The van der Waals surface area contributed by atoms with Gasteiger partial charge in [-0.3, -0.25) is 4.79 Å². The number of carbonyl (C=O) groups is 1. The van der Waals surface area contributed by atoms with Crippen LogP contribution in [0.5, 0.6) is 0 Å². The molecule has 0 saturated carbocycles. The summed E-state index contributed by atoms with van der Waals surface area (Å²) < 4.78 is 0.885. The molecule has 0 unspecified atom stereocenters. The molecule has 0 bridgehead atoms. The second-order valence-corrected chi connectivity index (χ2v) is 6.14. The van der Waals surface area contributed by atoms with E-state index in [1.165, 1.54) is 0 Å². The molecular weight excluding hydrogens is 352 g/mol. The number of anilines is 1.